The number of carbonyl (C=O) groups is 2. The van der Waals surface area contributed by atoms with Crippen LogP contribution in [-0.4, -0.2) is 56.9 Å². The molecule has 35 heavy (non-hydrogen) atoms. The normalized spacial score (nSPS) is 17.3. The van der Waals surface area contributed by atoms with Gasteiger partial charge in [0.2, 0.25) is 0 Å². The number of rotatable bonds is 6. The zero-order valence-corrected chi connectivity index (χ0v) is 19.2. The maximum Gasteiger partial charge on any atom is 0.259 e. The number of hydrogen-bond donors (Lipinski definition) is 5. The summed E-state index contributed by atoms with van der Waals surface area (Å²) in [5.74, 6) is -0.619. The van der Waals surface area contributed by atoms with Gasteiger partial charge in [0, 0.05) is 58.4 Å². The molecule has 5 rings (SSSR count). The second-order valence-electron chi connectivity index (χ2n) is 8.64. The van der Waals surface area contributed by atoms with E-state index >= 15 is 0 Å². The Kier molecular flexibility index (Phi) is 5.83. The van der Waals surface area contributed by atoms with Crippen molar-refractivity contribution in [2.45, 2.75) is 32.1 Å². The van der Waals surface area contributed by atoms with Crippen molar-refractivity contribution >= 4 is 50.6 Å². The largest absolute Gasteiger partial charge is 0.494 e. The quantitative estimate of drug-likeness (QED) is 0.289. The number of aryl methyl sites for hydroxylation is 1. The Morgan fingerprint density at radius 1 is 1.26 bits per heavy atom. The standard InChI is InChI=1S/C25H27N5O5/c1-2-7-29-13-14-3-5-17(11-19(14)24(29)33)30-8-9-35-21(25(30)34)20(31)23(32)28-16-4-6-18-15(10-16)12-27-22(18)26/h3-6,10-13,20-21,27,31,33H,2,7-9,26H2,1H3,(H,28,32)/t20-,21-/m1/s1. The van der Waals surface area contributed by atoms with Crippen LogP contribution in [0.3, 0.4) is 0 Å². The van der Waals surface area contributed by atoms with E-state index < -0.39 is 24.0 Å². The molecule has 0 spiro atoms. The molecule has 1 saturated heterocycles. The molecule has 4 aromatic rings. The topological polar surface area (TPSA) is 146 Å². The highest BCUT2D eigenvalue weighted by molar-refractivity contribution is 6.05. The van der Waals surface area contributed by atoms with Gasteiger partial charge >= 0.3 is 0 Å². The summed E-state index contributed by atoms with van der Waals surface area (Å²) >= 11 is 0. The predicted molar refractivity (Wildman–Crippen MR) is 133 cm³/mol. The zero-order valence-electron chi connectivity index (χ0n) is 19.2. The molecule has 2 aromatic heterocycles. The van der Waals surface area contributed by atoms with E-state index in [2.05, 4.69) is 10.3 Å². The number of aromatic nitrogens is 2. The van der Waals surface area contributed by atoms with Crippen molar-refractivity contribution in [2.24, 2.45) is 0 Å². The molecule has 1 fully saturated rings. The third kappa shape index (κ3) is 4.07. The van der Waals surface area contributed by atoms with Gasteiger partial charge in [0.1, 0.15) is 5.82 Å². The summed E-state index contributed by atoms with van der Waals surface area (Å²) < 4.78 is 7.28. The van der Waals surface area contributed by atoms with Crippen LogP contribution in [-0.2, 0) is 20.9 Å². The number of carbonyl (C=O) groups excluding carboxylic acids is 2. The Morgan fingerprint density at radius 2 is 2.09 bits per heavy atom. The number of nitrogens with two attached hydrogens (primary N) is 1. The molecular formula is C25H27N5O5. The number of amides is 2. The number of aromatic hydroxyl groups is 1. The first-order valence-corrected chi connectivity index (χ1v) is 11.5. The number of benzene rings is 2. The SMILES string of the molecule is CCCn1cc2ccc(N3CCO[C@H]([C@@H](O)C(=O)Nc4ccc5c(N)[nH]cc5c4)C3=O)cc2c1O. The highest BCUT2D eigenvalue weighted by atomic mass is 16.5. The van der Waals surface area contributed by atoms with Gasteiger partial charge in [-0.1, -0.05) is 13.0 Å². The van der Waals surface area contributed by atoms with E-state index in [1.165, 1.54) is 4.90 Å². The van der Waals surface area contributed by atoms with E-state index in [1.807, 2.05) is 19.2 Å². The van der Waals surface area contributed by atoms with Crippen LogP contribution in [0.4, 0.5) is 17.2 Å². The van der Waals surface area contributed by atoms with E-state index in [9.17, 15) is 19.8 Å². The first-order chi connectivity index (χ1) is 16.9. The van der Waals surface area contributed by atoms with E-state index in [4.69, 9.17) is 10.5 Å². The molecule has 10 heteroatoms. The molecule has 1 aliphatic rings. The van der Waals surface area contributed by atoms with Crippen LogP contribution >= 0.6 is 0 Å². The molecule has 0 saturated carbocycles. The average molecular weight is 478 g/mol. The Bertz CT molecular complexity index is 1420. The van der Waals surface area contributed by atoms with Gasteiger partial charge in [0.25, 0.3) is 11.8 Å². The summed E-state index contributed by atoms with van der Waals surface area (Å²) in [5.41, 5.74) is 6.86. The molecule has 1 aliphatic heterocycles. The highest BCUT2D eigenvalue weighted by Gasteiger charge is 2.39. The zero-order chi connectivity index (χ0) is 24.7. The van der Waals surface area contributed by atoms with Crippen LogP contribution in [0.1, 0.15) is 13.3 Å². The molecule has 182 valence electrons. The molecule has 6 N–H and O–H groups in total. The number of nitrogen functional groups attached to an aromatic ring is 1. The van der Waals surface area contributed by atoms with Crippen LogP contribution < -0.4 is 16.0 Å². The molecule has 0 aliphatic carbocycles. The van der Waals surface area contributed by atoms with Gasteiger partial charge < -0.3 is 40.5 Å². The van der Waals surface area contributed by atoms with Gasteiger partial charge in [0.05, 0.1) is 6.61 Å². The smallest absolute Gasteiger partial charge is 0.259 e. The third-order valence-electron chi connectivity index (χ3n) is 6.29. The predicted octanol–water partition coefficient (Wildman–Crippen LogP) is 2.55. The Morgan fingerprint density at radius 3 is 2.89 bits per heavy atom. The van der Waals surface area contributed by atoms with Crippen molar-refractivity contribution in [1.82, 2.24) is 9.55 Å². The molecule has 3 heterocycles. The number of aliphatic hydroxyl groups is 1. The van der Waals surface area contributed by atoms with E-state index in [1.54, 1.807) is 41.1 Å². The van der Waals surface area contributed by atoms with Gasteiger partial charge in [-0.3, -0.25) is 9.59 Å². The molecular weight excluding hydrogens is 450 g/mol. The van der Waals surface area contributed by atoms with Crippen LogP contribution in [0.15, 0.2) is 48.8 Å². The molecule has 0 unspecified atom stereocenters. The fourth-order valence-electron chi connectivity index (χ4n) is 4.49. The van der Waals surface area contributed by atoms with Gasteiger partial charge in [-0.2, -0.15) is 0 Å². The summed E-state index contributed by atoms with van der Waals surface area (Å²) in [5, 5.41) is 27.0. The number of aromatic amines is 1. The molecule has 2 aromatic carbocycles. The fourth-order valence-corrected chi connectivity index (χ4v) is 4.49. The summed E-state index contributed by atoms with van der Waals surface area (Å²) in [4.78, 5) is 30.3. The maximum absolute atomic E-state index is 13.2. The minimum Gasteiger partial charge on any atom is -0.494 e. The number of anilines is 3. The van der Waals surface area contributed by atoms with Crippen molar-refractivity contribution in [1.29, 1.82) is 0 Å². The lowest BCUT2D eigenvalue weighted by Gasteiger charge is -2.34. The molecule has 0 bridgehead atoms. The number of morpholine rings is 1. The van der Waals surface area contributed by atoms with Gasteiger partial charge in [-0.15, -0.1) is 0 Å². The van der Waals surface area contributed by atoms with E-state index in [0.29, 0.717) is 29.1 Å². The van der Waals surface area contributed by atoms with E-state index in [0.717, 1.165) is 22.6 Å². The lowest BCUT2D eigenvalue weighted by Crippen LogP contribution is -2.55. The van der Waals surface area contributed by atoms with Crippen molar-refractivity contribution < 1.29 is 24.5 Å². The number of fused-ring (bicyclic) bond motifs is 2. The molecule has 10 nitrogen and oxygen atoms in total. The van der Waals surface area contributed by atoms with Crippen LogP contribution in [0.5, 0.6) is 5.88 Å². The van der Waals surface area contributed by atoms with E-state index in [-0.39, 0.29) is 19.0 Å². The minimum absolute atomic E-state index is 0.140. The lowest BCUT2D eigenvalue weighted by molar-refractivity contribution is -0.150. The van der Waals surface area contributed by atoms with Crippen LogP contribution in [0.25, 0.3) is 21.5 Å². The summed E-state index contributed by atoms with van der Waals surface area (Å²) in [6, 6.07) is 10.5. The molecule has 2 atom stereocenters. The summed E-state index contributed by atoms with van der Waals surface area (Å²) in [6.45, 7) is 3.12. The number of aliphatic hydroxyl groups excluding tert-OH is 1. The number of ether oxygens (including phenoxy) is 1. The van der Waals surface area contributed by atoms with Crippen molar-refractivity contribution in [3.63, 3.8) is 0 Å². The Balaban J connectivity index is 1.33. The minimum atomic E-state index is -1.71. The second-order valence-corrected chi connectivity index (χ2v) is 8.64. The maximum atomic E-state index is 13.2. The number of H-pyrrole nitrogens is 1. The lowest BCUT2D eigenvalue weighted by atomic mass is 10.1. The number of nitrogens with zero attached hydrogens (tertiary/aromatic N) is 2. The first-order valence-electron chi connectivity index (χ1n) is 11.5. The van der Waals surface area contributed by atoms with Gasteiger partial charge in [-0.05, 0) is 36.8 Å². The third-order valence-corrected chi connectivity index (χ3v) is 6.29. The monoisotopic (exact) mass is 477 g/mol. The first kappa shape index (κ1) is 22.8. The summed E-state index contributed by atoms with van der Waals surface area (Å²) in [6.07, 6.45) is 1.39. The highest BCUT2D eigenvalue weighted by Crippen LogP contribution is 2.32. The molecule has 2 amide bonds. The fraction of sp³-hybridized carbons (Fsp3) is 0.280. The number of hydrogen-bond acceptors (Lipinski definition) is 6. The van der Waals surface area contributed by atoms with Crippen LogP contribution in [0, 0.1) is 0 Å². The van der Waals surface area contributed by atoms with Gasteiger partial charge in [0.15, 0.2) is 18.1 Å². The van der Waals surface area contributed by atoms with Crippen molar-refractivity contribution in [2.75, 3.05) is 29.1 Å². The number of nitrogens with one attached hydrogen (secondary N) is 2. The Labute approximate surface area is 200 Å². The van der Waals surface area contributed by atoms with Crippen molar-refractivity contribution in [3.05, 3.63) is 48.8 Å². The van der Waals surface area contributed by atoms with Gasteiger partial charge in [-0.25, -0.2) is 0 Å². The molecule has 0 radical (unpaired) electrons. The van der Waals surface area contributed by atoms with Crippen molar-refractivity contribution in [3.8, 4) is 5.88 Å². The Hall–Kier alpha value is -4.02. The van der Waals surface area contributed by atoms with Crippen LogP contribution in [0.2, 0.25) is 0 Å². The average Bonchev–Trinajstić information content (AvgIpc) is 3.38. The summed E-state index contributed by atoms with van der Waals surface area (Å²) in [7, 11) is 0. The second kappa shape index (κ2) is 8.97.